The molecule has 7 nitrogen and oxygen atoms in total. The molecule has 1 atom stereocenters. The SMILES string of the molecule is CCC1(c2ccc(NC(=O)c3ccc(OC)cc3OC)cc2)CCC(=O)NC1=O. The molecule has 152 valence electrons. The summed E-state index contributed by atoms with van der Waals surface area (Å²) < 4.78 is 10.4. The number of amides is 3. The van der Waals surface area contributed by atoms with E-state index in [9.17, 15) is 14.4 Å². The van der Waals surface area contributed by atoms with Crippen LogP contribution in [-0.2, 0) is 15.0 Å². The molecule has 2 aromatic rings. The number of carbonyl (C=O) groups is 3. The lowest BCUT2D eigenvalue weighted by atomic mass is 9.72. The molecule has 2 aromatic carbocycles. The molecule has 3 amide bonds. The number of hydrogen-bond acceptors (Lipinski definition) is 5. The minimum Gasteiger partial charge on any atom is -0.497 e. The first-order valence-electron chi connectivity index (χ1n) is 9.41. The zero-order chi connectivity index (χ0) is 21.0. The second-order valence-corrected chi connectivity index (χ2v) is 6.91. The highest BCUT2D eigenvalue weighted by Crippen LogP contribution is 2.36. The highest BCUT2D eigenvalue weighted by molar-refractivity contribution is 6.06. The van der Waals surface area contributed by atoms with Crippen molar-refractivity contribution in [3.05, 3.63) is 53.6 Å². The van der Waals surface area contributed by atoms with Crippen LogP contribution in [0.3, 0.4) is 0 Å². The monoisotopic (exact) mass is 396 g/mol. The fourth-order valence-corrected chi connectivity index (χ4v) is 3.62. The smallest absolute Gasteiger partial charge is 0.259 e. The number of piperidine rings is 1. The average Bonchev–Trinajstić information content (AvgIpc) is 2.74. The van der Waals surface area contributed by atoms with Gasteiger partial charge in [-0.15, -0.1) is 0 Å². The summed E-state index contributed by atoms with van der Waals surface area (Å²) in [7, 11) is 3.03. The number of methoxy groups -OCH3 is 2. The molecular formula is C22H24N2O5. The second-order valence-electron chi connectivity index (χ2n) is 6.91. The van der Waals surface area contributed by atoms with Crippen molar-refractivity contribution in [2.45, 2.75) is 31.6 Å². The van der Waals surface area contributed by atoms with Gasteiger partial charge in [0.15, 0.2) is 0 Å². The standard InChI is InChI=1S/C22H24N2O5/c1-4-22(12-11-19(25)24-21(22)27)14-5-7-15(8-6-14)23-20(26)17-10-9-16(28-2)13-18(17)29-3/h5-10,13H,4,11-12H2,1-3H3,(H,23,26)(H,24,25,27). The summed E-state index contributed by atoms with van der Waals surface area (Å²) in [4.78, 5) is 36.7. The van der Waals surface area contributed by atoms with Crippen molar-refractivity contribution in [1.29, 1.82) is 0 Å². The van der Waals surface area contributed by atoms with E-state index >= 15 is 0 Å². The minimum absolute atomic E-state index is 0.239. The van der Waals surface area contributed by atoms with Crippen LogP contribution in [0.2, 0.25) is 0 Å². The maximum absolute atomic E-state index is 12.7. The maximum atomic E-state index is 12.7. The second kappa shape index (κ2) is 8.34. The molecule has 0 bridgehead atoms. The van der Waals surface area contributed by atoms with Crippen LogP contribution in [0.4, 0.5) is 5.69 Å². The van der Waals surface area contributed by atoms with E-state index in [1.165, 1.54) is 7.11 Å². The van der Waals surface area contributed by atoms with Gasteiger partial charge >= 0.3 is 0 Å². The van der Waals surface area contributed by atoms with Gasteiger partial charge < -0.3 is 14.8 Å². The summed E-state index contributed by atoms with van der Waals surface area (Å²) in [5, 5.41) is 5.27. The number of ether oxygens (including phenoxy) is 2. The Bertz CT molecular complexity index is 939. The van der Waals surface area contributed by atoms with Crippen LogP contribution in [0.15, 0.2) is 42.5 Å². The Hall–Kier alpha value is -3.35. The summed E-state index contributed by atoms with van der Waals surface area (Å²) in [6.07, 6.45) is 1.37. The van der Waals surface area contributed by atoms with Crippen LogP contribution >= 0.6 is 0 Å². The predicted molar refractivity (Wildman–Crippen MR) is 108 cm³/mol. The van der Waals surface area contributed by atoms with E-state index in [1.54, 1.807) is 37.4 Å². The van der Waals surface area contributed by atoms with Gasteiger partial charge in [-0.05, 0) is 42.7 Å². The molecule has 0 radical (unpaired) electrons. The molecule has 1 heterocycles. The van der Waals surface area contributed by atoms with Gasteiger partial charge in [0.2, 0.25) is 11.8 Å². The van der Waals surface area contributed by atoms with Gasteiger partial charge in [-0.2, -0.15) is 0 Å². The topological polar surface area (TPSA) is 93.7 Å². The first-order valence-corrected chi connectivity index (χ1v) is 9.41. The van der Waals surface area contributed by atoms with Gasteiger partial charge in [0, 0.05) is 18.2 Å². The number of anilines is 1. The van der Waals surface area contributed by atoms with Crippen LogP contribution in [0.25, 0.3) is 0 Å². The number of benzene rings is 2. The number of imide groups is 1. The van der Waals surface area contributed by atoms with E-state index in [1.807, 2.05) is 19.1 Å². The van der Waals surface area contributed by atoms with E-state index in [0.29, 0.717) is 42.0 Å². The molecule has 1 aliphatic rings. The van der Waals surface area contributed by atoms with Gasteiger partial charge in [-0.3, -0.25) is 19.7 Å². The molecule has 0 aliphatic carbocycles. The third-order valence-electron chi connectivity index (χ3n) is 5.42. The Morgan fingerprint density at radius 1 is 1.10 bits per heavy atom. The summed E-state index contributed by atoms with van der Waals surface area (Å²) in [5.41, 5.74) is 1.07. The zero-order valence-electron chi connectivity index (χ0n) is 16.7. The summed E-state index contributed by atoms with van der Waals surface area (Å²) in [6, 6.07) is 12.1. The fraction of sp³-hybridized carbons (Fsp3) is 0.318. The van der Waals surface area contributed by atoms with Crippen molar-refractivity contribution in [1.82, 2.24) is 5.32 Å². The van der Waals surface area contributed by atoms with Gasteiger partial charge in [-0.1, -0.05) is 19.1 Å². The highest BCUT2D eigenvalue weighted by Gasteiger charge is 2.42. The van der Waals surface area contributed by atoms with Gasteiger partial charge in [0.05, 0.1) is 25.2 Å². The van der Waals surface area contributed by atoms with E-state index in [0.717, 1.165) is 5.56 Å². The minimum atomic E-state index is -0.727. The van der Waals surface area contributed by atoms with Gasteiger partial charge in [0.1, 0.15) is 11.5 Å². The molecule has 1 saturated heterocycles. The molecule has 29 heavy (non-hydrogen) atoms. The van der Waals surface area contributed by atoms with Crippen molar-refractivity contribution >= 4 is 23.4 Å². The average molecular weight is 396 g/mol. The molecule has 1 aliphatic heterocycles. The van der Waals surface area contributed by atoms with Gasteiger partial charge in [0.25, 0.3) is 5.91 Å². The number of carbonyl (C=O) groups excluding carboxylic acids is 3. The summed E-state index contributed by atoms with van der Waals surface area (Å²) in [5.74, 6) is 0.180. The normalized spacial score (nSPS) is 18.7. The molecule has 0 spiro atoms. The number of hydrogen-bond donors (Lipinski definition) is 2. The summed E-state index contributed by atoms with van der Waals surface area (Å²) in [6.45, 7) is 1.93. The molecular weight excluding hydrogens is 372 g/mol. The van der Waals surface area contributed by atoms with Crippen LogP contribution in [0.5, 0.6) is 11.5 Å². The van der Waals surface area contributed by atoms with Crippen molar-refractivity contribution < 1.29 is 23.9 Å². The lowest BCUT2D eigenvalue weighted by Gasteiger charge is -2.35. The van der Waals surface area contributed by atoms with E-state index in [-0.39, 0.29) is 17.7 Å². The Kier molecular flexibility index (Phi) is 5.87. The highest BCUT2D eigenvalue weighted by atomic mass is 16.5. The Morgan fingerprint density at radius 2 is 1.83 bits per heavy atom. The number of rotatable bonds is 6. The maximum Gasteiger partial charge on any atom is 0.259 e. The Morgan fingerprint density at radius 3 is 2.41 bits per heavy atom. The van der Waals surface area contributed by atoms with E-state index in [2.05, 4.69) is 10.6 Å². The van der Waals surface area contributed by atoms with Crippen LogP contribution < -0.4 is 20.1 Å². The predicted octanol–water partition coefficient (Wildman–Crippen LogP) is 3.04. The molecule has 7 heteroatoms. The first-order chi connectivity index (χ1) is 13.9. The molecule has 1 unspecified atom stereocenters. The molecule has 1 fully saturated rings. The van der Waals surface area contributed by atoms with Crippen LogP contribution in [0, 0.1) is 0 Å². The third-order valence-corrected chi connectivity index (χ3v) is 5.42. The Balaban J connectivity index is 1.80. The third kappa shape index (κ3) is 3.94. The molecule has 0 aromatic heterocycles. The van der Waals surface area contributed by atoms with Crippen molar-refractivity contribution in [3.63, 3.8) is 0 Å². The lowest BCUT2D eigenvalue weighted by Crippen LogP contribution is -2.51. The van der Waals surface area contributed by atoms with Crippen LogP contribution in [0.1, 0.15) is 42.1 Å². The molecule has 3 rings (SSSR count). The van der Waals surface area contributed by atoms with Crippen molar-refractivity contribution in [2.75, 3.05) is 19.5 Å². The van der Waals surface area contributed by atoms with Crippen molar-refractivity contribution in [2.24, 2.45) is 0 Å². The first kappa shape index (κ1) is 20.4. The molecule has 2 N–H and O–H groups in total. The molecule has 0 saturated carbocycles. The zero-order valence-corrected chi connectivity index (χ0v) is 16.7. The quantitative estimate of drug-likeness (QED) is 0.732. The van der Waals surface area contributed by atoms with Crippen molar-refractivity contribution in [3.8, 4) is 11.5 Å². The Labute approximate surface area is 169 Å². The van der Waals surface area contributed by atoms with Gasteiger partial charge in [-0.25, -0.2) is 0 Å². The number of nitrogens with one attached hydrogen (secondary N) is 2. The van der Waals surface area contributed by atoms with E-state index in [4.69, 9.17) is 9.47 Å². The fourth-order valence-electron chi connectivity index (χ4n) is 3.62. The van der Waals surface area contributed by atoms with E-state index < -0.39 is 5.41 Å². The lowest BCUT2D eigenvalue weighted by molar-refractivity contribution is -0.138. The summed E-state index contributed by atoms with van der Waals surface area (Å²) >= 11 is 0. The largest absolute Gasteiger partial charge is 0.497 e. The van der Waals surface area contributed by atoms with Crippen LogP contribution in [-0.4, -0.2) is 31.9 Å².